The van der Waals surface area contributed by atoms with E-state index in [1.165, 1.54) is 0 Å². The first kappa shape index (κ1) is 20.6. The van der Waals surface area contributed by atoms with Crippen LogP contribution in [0.5, 0.6) is 0 Å². The molecule has 4 aromatic heterocycles. The van der Waals surface area contributed by atoms with E-state index in [1.54, 1.807) is 18.6 Å². The molecule has 0 saturated carbocycles. The lowest BCUT2D eigenvalue weighted by molar-refractivity contribution is 0.102. The summed E-state index contributed by atoms with van der Waals surface area (Å²) in [5.74, 6) is -0.227. The molecule has 6 nitrogen and oxygen atoms in total. The molecule has 162 valence electrons. The summed E-state index contributed by atoms with van der Waals surface area (Å²) in [5.41, 5.74) is 8.07. The molecule has 1 amide bonds. The summed E-state index contributed by atoms with van der Waals surface area (Å²) in [6.07, 6.45) is 9.85. The van der Waals surface area contributed by atoms with Crippen molar-refractivity contribution in [2.75, 3.05) is 5.32 Å². The first-order valence-electron chi connectivity index (χ1n) is 10.8. The number of pyridine rings is 3. The molecule has 5 aromatic rings. The van der Waals surface area contributed by atoms with Crippen LogP contribution in [-0.4, -0.2) is 25.3 Å². The number of aryl methyl sites for hydroxylation is 2. The van der Waals surface area contributed by atoms with Crippen molar-refractivity contribution in [1.29, 1.82) is 0 Å². The van der Waals surface area contributed by atoms with Gasteiger partial charge in [0.1, 0.15) is 11.3 Å². The van der Waals surface area contributed by atoms with Crippen LogP contribution in [0, 0.1) is 13.8 Å². The van der Waals surface area contributed by atoms with Crippen molar-refractivity contribution in [3.63, 3.8) is 0 Å². The van der Waals surface area contributed by atoms with Gasteiger partial charge in [-0.25, -0.2) is 4.98 Å². The maximum atomic E-state index is 13.0. The average molecular weight is 434 g/mol. The second kappa shape index (κ2) is 8.67. The second-order valence-electron chi connectivity index (χ2n) is 8.13. The van der Waals surface area contributed by atoms with E-state index in [9.17, 15) is 4.79 Å². The highest BCUT2D eigenvalue weighted by Crippen LogP contribution is 2.23. The number of fused-ring (bicyclic) bond motifs is 1. The molecular weight excluding hydrogens is 410 g/mol. The Labute approximate surface area is 192 Å². The van der Waals surface area contributed by atoms with Crippen LogP contribution in [-0.2, 0) is 6.42 Å². The molecule has 0 aliphatic heterocycles. The van der Waals surface area contributed by atoms with E-state index in [1.807, 2.05) is 85.2 Å². The quantitative estimate of drug-likeness (QED) is 0.411. The Balaban J connectivity index is 1.36. The van der Waals surface area contributed by atoms with Crippen molar-refractivity contribution >= 4 is 17.2 Å². The summed E-state index contributed by atoms with van der Waals surface area (Å²) in [6, 6.07) is 17.7. The summed E-state index contributed by atoms with van der Waals surface area (Å²) < 4.78 is 2.02. The number of aromatic nitrogens is 4. The van der Waals surface area contributed by atoms with Crippen LogP contribution in [0.15, 0.2) is 85.6 Å². The fourth-order valence-corrected chi connectivity index (χ4v) is 3.90. The SMILES string of the molecule is Cc1cnc(C(=O)Nc2ccc(-c3cn4cccc(C)c4n3)cc2)c(Cc2ccncc2)c1. The number of anilines is 1. The molecule has 0 atom stereocenters. The van der Waals surface area contributed by atoms with Gasteiger partial charge in [0.25, 0.3) is 5.91 Å². The van der Waals surface area contributed by atoms with Gasteiger partial charge in [0, 0.05) is 42.2 Å². The van der Waals surface area contributed by atoms with Crippen LogP contribution in [0.1, 0.15) is 32.7 Å². The van der Waals surface area contributed by atoms with Crippen LogP contribution >= 0.6 is 0 Å². The van der Waals surface area contributed by atoms with Crippen LogP contribution in [0.2, 0.25) is 0 Å². The van der Waals surface area contributed by atoms with Crippen molar-refractivity contribution in [2.24, 2.45) is 0 Å². The van der Waals surface area contributed by atoms with Gasteiger partial charge in [-0.05, 0) is 72.9 Å². The lowest BCUT2D eigenvalue weighted by atomic mass is 10.0. The number of nitrogens with one attached hydrogen (secondary N) is 1. The van der Waals surface area contributed by atoms with Gasteiger partial charge in [-0.15, -0.1) is 0 Å². The summed E-state index contributed by atoms with van der Waals surface area (Å²) in [5, 5.41) is 2.98. The van der Waals surface area contributed by atoms with E-state index in [4.69, 9.17) is 4.98 Å². The summed E-state index contributed by atoms with van der Waals surface area (Å²) in [6.45, 7) is 4.02. The summed E-state index contributed by atoms with van der Waals surface area (Å²) in [4.78, 5) is 26.3. The Morgan fingerprint density at radius 3 is 2.58 bits per heavy atom. The highest BCUT2D eigenvalue weighted by Gasteiger charge is 2.15. The molecule has 6 heteroatoms. The lowest BCUT2D eigenvalue weighted by Gasteiger charge is -2.11. The van der Waals surface area contributed by atoms with Crippen molar-refractivity contribution in [3.05, 3.63) is 114 Å². The van der Waals surface area contributed by atoms with Crippen LogP contribution in [0.4, 0.5) is 5.69 Å². The molecule has 33 heavy (non-hydrogen) atoms. The number of rotatable bonds is 5. The Bertz CT molecular complexity index is 1440. The smallest absolute Gasteiger partial charge is 0.274 e. The van der Waals surface area contributed by atoms with Gasteiger partial charge in [0.15, 0.2) is 0 Å². The van der Waals surface area contributed by atoms with E-state index < -0.39 is 0 Å². The predicted octanol–water partition coefficient (Wildman–Crippen LogP) is 5.25. The van der Waals surface area contributed by atoms with Gasteiger partial charge >= 0.3 is 0 Å². The standard InChI is InChI=1S/C27H23N5O/c1-18-14-22(15-20-9-11-28-12-10-20)25(29-16-18)27(33)30-23-7-5-21(6-8-23)24-17-32-13-3-4-19(2)26(32)31-24/h3-14,16-17H,15H2,1-2H3,(H,30,33). The molecule has 0 aliphatic carbocycles. The summed E-state index contributed by atoms with van der Waals surface area (Å²) >= 11 is 0. The minimum Gasteiger partial charge on any atom is -0.321 e. The Morgan fingerprint density at radius 1 is 1.03 bits per heavy atom. The maximum Gasteiger partial charge on any atom is 0.274 e. The molecule has 5 rings (SSSR count). The number of nitrogens with zero attached hydrogens (tertiary/aromatic N) is 4. The fraction of sp³-hybridized carbons (Fsp3) is 0.111. The van der Waals surface area contributed by atoms with E-state index in [-0.39, 0.29) is 5.91 Å². The van der Waals surface area contributed by atoms with Gasteiger partial charge in [0.05, 0.1) is 5.69 Å². The Morgan fingerprint density at radius 2 is 1.82 bits per heavy atom. The zero-order valence-electron chi connectivity index (χ0n) is 18.5. The average Bonchev–Trinajstić information content (AvgIpc) is 3.26. The van der Waals surface area contributed by atoms with Gasteiger partial charge in [-0.2, -0.15) is 0 Å². The molecule has 4 heterocycles. The van der Waals surface area contributed by atoms with Gasteiger partial charge in [-0.1, -0.05) is 24.3 Å². The zero-order valence-corrected chi connectivity index (χ0v) is 18.5. The highest BCUT2D eigenvalue weighted by molar-refractivity contribution is 6.04. The molecule has 0 aliphatic rings. The van der Waals surface area contributed by atoms with E-state index in [0.717, 1.165) is 39.2 Å². The number of carbonyl (C=O) groups excluding carboxylic acids is 1. The molecule has 0 spiro atoms. The first-order chi connectivity index (χ1) is 16.1. The third-order valence-corrected chi connectivity index (χ3v) is 5.58. The van der Waals surface area contributed by atoms with Crippen LogP contribution in [0.3, 0.4) is 0 Å². The van der Waals surface area contributed by atoms with Crippen molar-refractivity contribution < 1.29 is 4.79 Å². The largest absolute Gasteiger partial charge is 0.321 e. The second-order valence-corrected chi connectivity index (χ2v) is 8.13. The first-order valence-corrected chi connectivity index (χ1v) is 10.8. The van der Waals surface area contributed by atoms with Crippen LogP contribution in [0.25, 0.3) is 16.9 Å². The Hall–Kier alpha value is -4.32. The predicted molar refractivity (Wildman–Crippen MR) is 129 cm³/mol. The van der Waals surface area contributed by atoms with Crippen molar-refractivity contribution in [2.45, 2.75) is 20.3 Å². The summed E-state index contributed by atoms with van der Waals surface area (Å²) in [7, 11) is 0. The Kier molecular flexibility index (Phi) is 5.40. The molecule has 0 radical (unpaired) electrons. The lowest BCUT2D eigenvalue weighted by Crippen LogP contribution is -2.16. The third-order valence-electron chi connectivity index (χ3n) is 5.58. The molecule has 0 saturated heterocycles. The van der Waals surface area contributed by atoms with Gasteiger partial charge < -0.3 is 9.72 Å². The number of imidazole rings is 1. The number of hydrogen-bond acceptors (Lipinski definition) is 4. The van der Waals surface area contributed by atoms with Crippen molar-refractivity contribution in [3.8, 4) is 11.3 Å². The highest BCUT2D eigenvalue weighted by atomic mass is 16.1. The third kappa shape index (κ3) is 4.36. The minimum atomic E-state index is -0.227. The van der Waals surface area contributed by atoms with E-state index >= 15 is 0 Å². The van der Waals surface area contributed by atoms with E-state index in [2.05, 4.69) is 15.3 Å². The minimum absolute atomic E-state index is 0.227. The molecule has 1 N–H and O–H groups in total. The van der Waals surface area contributed by atoms with Crippen molar-refractivity contribution in [1.82, 2.24) is 19.4 Å². The number of benzene rings is 1. The number of amides is 1. The van der Waals surface area contributed by atoms with Gasteiger partial charge in [-0.3, -0.25) is 14.8 Å². The molecule has 0 unspecified atom stereocenters. The number of carbonyl (C=O) groups is 1. The van der Waals surface area contributed by atoms with E-state index in [0.29, 0.717) is 17.8 Å². The zero-order chi connectivity index (χ0) is 22.8. The molecule has 1 aromatic carbocycles. The topological polar surface area (TPSA) is 72.2 Å². The maximum absolute atomic E-state index is 13.0. The van der Waals surface area contributed by atoms with Gasteiger partial charge in [0.2, 0.25) is 0 Å². The molecular formula is C27H23N5O. The fourth-order valence-electron chi connectivity index (χ4n) is 3.90. The number of hydrogen-bond donors (Lipinski definition) is 1. The van der Waals surface area contributed by atoms with Crippen LogP contribution < -0.4 is 5.32 Å². The monoisotopic (exact) mass is 433 g/mol. The normalized spacial score (nSPS) is 11.0. The molecule has 0 bridgehead atoms. The molecule has 0 fully saturated rings.